The van der Waals surface area contributed by atoms with Crippen molar-refractivity contribution >= 4 is 0 Å². The number of hydrogen-bond acceptors (Lipinski definition) is 0. The number of fused-ring (bicyclic) bond motifs is 1. The molecule has 0 aromatic carbocycles. The van der Waals surface area contributed by atoms with Crippen LogP contribution in [0.15, 0.2) is 35.5 Å². The Morgan fingerprint density at radius 1 is 0.857 bits per heavy atom. The first kappa shape index (κ1) is 16.6. The van der Waals surface area contributed by atoms with Crippen LogP contribution in [-0.4, -0.2) is 0 Å². The fraction of sp³-hybridized carbons (Fsp3) is 0.714. The summed E-state index contributed by atoms with van der Waals surface area (Å²) in [5, 5.41) is 0. The van der Waals surface area contributed by atoms with Gasteiger partial charge in [0.15, 0.2) is 0 Å². The smallest absolute Gasteiger partial charge is 0.0161 e. The van der Waals surface area contributed by atoms with Gasteiger partial charge in [-0.2, -0.15) is 0 Å². The molecular weight excluding hydrogens is 252 g/mol. The maximum Gasteiger partial charge on any atom is 0.0161 e. The van der Waals surface area contributed by atoms with Gasteiger partial charge in [-0.15, -0.1) is 0 Å². The molecule has 0 heteroatoms. The molecule has 0 saturated heterocycles. The number of allylic oxidation sites excluding steroid dienone is 6. The average Bonchev–Trinajstić information content (AvgIpc) is 2.82. The molecule has 0 radical (unpaired) electrons. The summed E-state index contributed by atoms with van der Waals surface area (Å²) in [4.78, 5) is 0. The summed E-state index contributed by atoms with van der Waals surface area (Å²) in [6, 6.07) is 0. The summed E-state index contributed by atoms with van der Waals surface area (Å²) in [6.07, 6.45) is 21.7. The molecule has 0 fully saturated rings. The second-order valence-electron chi connectivity index (χ2n) is 7.07. The van der Waals surface area contributed by atoms with E-state index in [0.29, 0.717) is 10.8 Å². The van der Waals surface area contributed by atoms with Crippen molar-refractivity contribution < 1.29 is 0 Å². The van der Waals surface area contributed by atoms with Crippen LogP contribution >= 0.6 is 0 Å². The molecule has 0 nitrogen and oxygen atoms in total. The lowest BCUT2D eigenvalue weighted by Crippen LogP contribution is -2.40. The second-order valence-corrected chi connectivity index (χ2v) is 7.07. The Kier molecular flexibility index (Phi) is 5.52. The van der Waals surface area contributed by atoms with Gasteiger partial charge in [0, 0.05) is 10.8 Å². The van der Waals surface area contributed by atoms with Crippen molar-refractivity contribution in [2.75, 3.05) is 0 Å². The third-order valence-corrected chi connectivity index (χ3v) is 5.68. The number of rotatable bonds is 8. The van der Waals surface area contributed by atoms with E-state index in [2.05, 4.69) is 52.0 Å². The Morgan fingerprint density at radius 2 is 1.57 bits per heavy atom. The largest absolute Gasteiger partial charge is 0.0867 e. The lowest BCUT2D eigenvalue weighted by Gasteiger charge is -2.50. The predicted molar refractivity (Wildman–Crippen MR) is 94.4 cm³/mol. The molecule has 21 heavy (non-hydrogen) atoms. The van der Waals surface area contributed by atoms with Crippen molar-refractivity contribution in [2.24, 2.45) is 10.8 Å². The van der Waals surface area contributed by atoms with Crippen LogP contribution in [0.2, 0.25) is 0 Å². The summed E-state index contributed by atoms with van der Waals surface area (Å²) in [5.41, 5.74) is 4.21. The summed E-state index contributed by atoms with van der Waals surface area (Å²) >= 11 is 0. The molecule has 0 aliphatic heterocycles. The lowest BCUT2D eigenvalue weighted by atomic mass is 9.54. The van der Waals surface area contributed by atoms with Crippen LogP contribution in [0.5, 0.6) is 0 Å². The van der Waals surface area contributed by atoms with Gasteiger partial charge in [0.05, 0.1) is 0 Å². The molecule has 0 amide bonds. The molecule has 0 heterocycles. The molecule has 2 aliphatic carbocycles. The Morgan fingerprint density at radius 3 is 2.19 bits per heavy atom. The first-order chi connectivity index (χ1) is 10.2. The van der Waals surface area contributed by atoms with Crippen LogP contribution in [-0.2, 0) is 0 Å². The normalized spacial score (nSPS) is 31.0. The minimum absolute atomic E-state index is 0.319. The Balaban J connectivity index is 2.52. The molecule has 0 saturated carbocycles. The lowest BCUT2D eigenvalue weighted by molar-refractivity contribution is 0.155. The molecule has 2 aliphatic rings. The molecule has 0 aromatic rings. The van der Waals surface area contributed by atoms with E-state index in [1.165, 1.54) is 57.8 Å². The zero-order valence-electron chi connectivity index (χ0n) is 14.7. The van der Waals surface area contributed by atoms with Crippen LogP contribution in [0, 0.1) is 10.8 Å². The van der Waals surface area contributed by atoms with Crippen LogP contribution in [0.1, 0.15) is 85.5 Å². The van der Waals surface area contributed by atoms with E-state index < -0.39 is 0 Å². The van der Waals surface area contributed by atoms with E-state index >= 15 is 0 Å². The van der Waals surface area contributed by atoms with Gasteiger partial charge >= 0.3 is 0 Å². The van der Waals surface area contributed by atoms with Crippen molar-refractivity contribution in [3.8, 4) is 0 Å². The van der Waals surface area contributed by atoms with E-state index in [0.717, 1.165) is 0 Å². The topological polar surface area (TPSA) is 0 Å². The molecule has 0 bridgehead atoms. The Bertz CT molecular complexity index is 437. The minimum atomic E-state index is 0.319. The Labute approximate surface area is 132 Å². The molecule has 2 rings (SSSR count). The second kappa shape index (κ2) is 6.99. The van der Waals surface area contributed by atoms with Gasteiger partial charge < -0.3 is 0 Å². The van der Waals surface area contributed by atoms with Gasteiger partial charge in [0.1, 0.15) is 0 Å². The third kappa shape index (κ3) is 2.67. The van der Waals surface area contributed by atoms with E-state index in [1.54, 1.807) is 5.57 Å². The van der Waals surface area contributed by atoms with Crippen molar-refractivity contribution in [1.29, 1.82) is 0 Å². The third-order valence-electron chi connectivity index (χ3n) is 5.68. The van der Waals surface area contributed by atoms with Gasteiger partial charge in [0.25, 0.3) is 0 Å². The highest BCUT2D eigenvalue weighted by Gasteiger charge is 2.52. The summed E-state index contributed by atoms with van der Waals surface area (Å²) in [7, 11) is 0. The van der Waals surface area contributed by atoms with Crippen molar-refractivity contribution in [3.05, 3.63) is 35.5 Å². The highest BCUT2D eigenvalue weighted by molar-refractivity contribution is 5.45. The maximum absolute atomic E-state index is 2.58. The molecular formula is C21H34. The highest BCUT2D eigenvalue weighted by Crippen LogP contribution is 2.63. The Hall–Kier alpha value is -0.780. The van der Waals surface area contributed by atoms with Gasteiger partial charge in [-0.25, -0.2) is 0 Å². The van der Waals surface area contributed by atoms with Crippen molar-refractivity contribution in [3.63, 3.8) is 0 Å². The molecule has 118 valence electrons. The quantitative estimate of drug-likeness (QED) is 0.422. The summed E-state index contributed by atoms with van der Waals surface area (Å²) in [5.74, 6) is 0. The van der Waals surface area contributed by atoms with Crippen LogP contribution in [0.4, 0.5) is 0 Å². The molecule has 0 N–H and O–H groups in total. The SMILES string of the molecule is CCCC1=C(CCC)C2(CCC)CC=C[C@@]2(CCC)C=C1. The predicted octanol–water partition coefficient (Wildman–Crippen LogP) is 6.99. The molecule has 0 aromatic heterocycles. The monoisotopic (exact) mass is 286 g/mol. The van der Waals surface area contributed by atoms with Crippen molar-refractivity contribution in [1.82, 2.24) is 0 Å². The van der Waals surface area contributed by atoms with Gasteiger partial charge in [0.2, 0.25) is 0 Å². The molecule has 0 spiro atoms. The van der Waals surface area contributed by atoms with Gasteiger partial charge in [-0.05, 0) is 37.7 Å². The van der Waals surface area contributed by atoms with Crippen LogP contribution in [0.3, 0.4) is 0 Å². The van der Waals surface area contributed by atoms with Crippen LogP contribution in [0.25, 0.3) is 0 Å². The standard InChI is InChI=1S/C21H34/c1-5-10-18-12-17-20(13-7-3)15-9-16-21(20,14-8-4)19(18)11-6-2/h9,12,15,17H,5-8,10-11,13-14,16H2,1-4H3/t20-,21?/m0/s1. The summed E-state index contributed by atoms with van der Waals surface area (Å²) < 4.78 is 0. The maximum atomic E-state index is 2.58. The molecule has 1 unspecified atom stereocenters. The summed E-state index contributed by atoms with van der Waals surface area (Å²) in [6.45, 7) is 9.37. The van der Waals surface area contributed by atoms with E-state index in [9.17, 15) is 0 Å². The fourth-order valence-electron chi connectivity index (χ4n) is 4.98. The van der Waals surface area contributed by atoms with Crippen molar-refractivity contribution in [2.45, 2.75) is 85.5 Å². The van der Waals surface area contributed by atoms with E-state index in [-0.39, 0.29) is 0 Å². The number of hydrogen-bond donors (Lipinski definition) is 0. The zero-order valence-corrected chi connectivity index (χ0v) is 14.7. The molecule has 2 atom stereocenters. The first-order valence-corrected chi connectivity index (χ1v) is 9.29. The zero-order chi connectivity index (χ0) is 15.3. The van der Waals surface area contributed by atoms with Gasteiger partial charge in [-0.1, -0.05) is 83.3 Å². The van der Waals surface area contributed by atoms with E-state index in [1.807, 2.05) is 5.57 Å². The van der Waals surface area contributed by atoms with Crippen LogP contribution < -0.4 is 0 Å². The average molecular weight is 287 g/mol. The van der Waals surface area contributed by atoms with E-state index in [4.69, 9.17) is 0 Å². The van der Waals surface area contributed by atoms with Gasteiger partial charge in [-0.3, -0.25) is 0 Å². The first-order valence-electron chi connectivity index (χ1n) is 9.29. The minimum Gasteiger partial charge on any atom is -0.0867 e. The fourth-order valence-corrected chi connectivity index (χ4v) is 4.98. The highest BCUT2D eigenvalue weighted by atomic mass is 14.6.